The van der Waals surface area contributed by atoms with E-state index < -0.39 is 0 Å². The molecule has 0 aromatic heterocycles. The molecule has 1 fully saturated rings. The molecule has 1 rings (SSSR count). The van der Waals surface area contributed by atoms with Gasteiger partial charge in [-0.05, 0) is 24.9 Å². The third-order valence-corrected chi connectivity index (χ3v) is 3.66. The number of amides is 1. The average Bonchev–Trinajstić information content (AvgIpc) is 2.35. The van der Waals surface area contributed by atoms with E-state index in [0.717, 1.165) is 25.0 Å². The van der Waals surface area contributed by atoms with Gasteiger partial charge in [-0.15, -0.1) is 0 Å². The Bertz CT molecular complexity index is 237. The quantitative estimate of drug-likeness (QED) is 0.777. The van der Waals surface area contributed by atoms with E-state index in [4.69, 9.17) is 10.5 Å². The number of carbonyl (C=O) groups is 1. The fourth-order valence-electron chi connectivity index (χ4n) is 2.02. The van der Waals surface area contributed by atoms with Crippen LogP contribution in [0.3, 0.4) is 0 Å². The summed E-state index contributed by atoms with van der Waals surface area (Å²) in [6, 6.07) is -0.345. The Morgan fingerprint density at radius 2 is 2.41 bits per heavy atom. The number of rotatable bonds is 6. The molecule has 4 nitrogen and oxygen atoms in total. The summed E-state index contributed by atoms with van der Waals surface area (Å²) in [5, 5.41) is 0. The van der Waals surface area contributed by atoms with Gasteiger partial charge in [0.25, 0.3) is 0 Å². The Kier molecular flexibility index (Phi) is 6.92. The molecule has 1 aliphatic heterocycles. The first-order valence-electron chi connectivity index (χ1n) is 6.34. The Morgan fingerprint density at radius 3 is 3.06 bits per heavy atom. The zero-order chi connectivity index (χ0) is 12.7. The molecule has 0 aromatic carbocycles. The lowest BCUT2D eigenvalue weighted by molar-refractivity contribution is -0.140. The van der Waals surface area contributed by atoms with Crippen LogP contribution >= 0.6 is 11.8 Å². The van der Waals surface area contributed by atoms with Crippen molar-refractivity contribution in [2.45, 2.75) is 38.3 Å². The second kappa shape index (κ2) is 7.95. The summed E-state index contributed by atoms with van der Waals surface area (Å²) in [6.45, 7) is 4.17. The number of thioether (sulfide) groups is 1. The van der Waals surface area contributed by atoms with Gasteiger partial charge in [0, 0.05) is 13.1 Å². The van der Waals surface area contributed by atoms with Gasteiger partial charge in [0.15, 0.2) is 0 Å². The van der Waals surface area contributed by atoms with Crippen LogP contribution in [0.5, 0.6) is 0 Å². The van der Waals surface area contributed by atoms with Crippen molar-refractivity contribution in [1.82, 2.24) is 4.90 Å². The molecule has 17 heavy (non-hydrogen) atoms. The number of nitrogens with zero attached hydrogens (tertiary/aromatic N) is 1. The summed E-state index contributed by atoms with van der Waals surface area (Å²) < 4.78 is 5.62. The third-order valence-electron chi connectivity index (χ3n) is 3.01. The molecule has 2 N–H and O–H groups in total. The maximum atomic E-state index is 12.1. The first-order valence-corrected chi connectivity index (χ1v) is 7.73. The van der Waals surface area contributed by atoms with E-state index in [-0.39, 0.29) is 18.1 Å². The molecule has 1 aliphatic rings. The van der Waals surface area contributed by atoms with Crippen molar-refractivity contribution < 1.29 is 9.53 Å². The molecule has 0 aromatic rings. The summed E-state index contributed by atoms with van der Waals surface area (Å²) in [6.07, 6.45) is 5.10. The van der Waals surface area contributed by atoms with Crippen molar-refractivity contribution in [3.8, 4) is 0 Å². The molecule has 0 unspecified atom stereocenters. The van der Waals surface area contributed by atoms with E-state index in [2.05, 4.69) is 6.92 Å². The summed E-state index contributed by atoms with van der Waals surface area (Å²) >= 11 is 1.73. The van der Waals surface area contributed by atoms with E-state index in [1.165, 1.54) is 0 Å². The lowest BCUT2D eigenvalue weighted by atomic mass is 10.1. The second-order valence-electron chi connectivity index (χ2n) is 4.45. The molecule has 0 aliphatic carbocycles. The number of morpholine rings is 1. The van der Waals surface area contributed by atoms with Crippen LogP contribution in [0, 0.1) is 0 Å². The van der Waals surface area contributed by atoms with Crippen molar-refractivity contribution in [3.63, 3.8) is 0 Å². The minimum Gasteiger partial charge on any atom is -0.375 e. The van der Waals surface area contributed by atoms with E-state index in [1.54, 1.807) is 11.8 Å². The third kappa shape index (κ3) is 4.85. The van der Waals surface area contributed by atoms with Crippen molar-refractivity contribution in [3.05, 3.63) is 0 Å². The largest absolute Gasteiger partial charge is 0.375 e. The standard InChI is InChI=1S/C12H24N2O2S/c1-3-4-10-9-14(6-7-16-10)12(15)11(13)5-8-17-2/h10-11H,3-9,13H2,1-2H3/t10-,11-/m0/s1. The summed E-state index contributed by atoms with van der Waals surface area (Å²) in [5.74, 6) is 1.03. The van der Waals surface area contributed by atoms with Gasteiger partial charge in [0.05, 0.1) is 18.8 Å². The topological polar surface area (TPSA) is 55.6 Å². The Morgan fingerprint density at radius 1 is 1.65 bits per heavy atom. The number of hydrogen-bond acceptors (Lipinski definition) is 4. The molecule has 0 radical (unpaired) electrons. The summed E-state index contributed by atoms with van der Waals surface area (Å²) in [7, 11) is 0. The van der Waals surface area contributed by atoms with Gasteiger partial charge in [-0.25, -0.2) is 0 Å². The molecule has 0 spiro atoms. The highest BCUT2D eigenvalue weighted by molar-refractivity contribution is 7.98. The zero-order valence-corrected chi connectivity index (χ0v) is 11.7. The normalized spacial score (nSPS) is 22.5. The van der Waals surface area contributed by atoms with Gasteiger partial charge in [-0.1, -0.05) is 13.3 Å². The molecule has 0 bridgehead atoms. The first-order chi connectivity index (χ1) is 8.19. The van der Waals surface area contributed by atoms with Crippen molar-refractivity contribution in [1.29, 1.82) is 0 Å². The summed E-state index contributed by atoms with van der Waals surface area (Å²) in [5.41, 5.74) is 5.91. The molecule has 100 valence electrons. The predicted molar refractivity (Wildman–Crippen MR) is 72.2 cm³/mol. The van der Waals surface area contributed by atoms with Crippen molar-refractivity contribution in [2.75, 3.05) is 31.7 Å². The fraction of sp³-hybridized carbons (Fsp3) is 0.917. The van der Waals surface area contributed by atoms with Crippen molar-refractivity contribution >= 4 is 17.7 Å². The van der Waals surface area contributed by atoms with E-state index in [9.17, 15) is 4.79 Å². The lowest BCUT2D eigenvalue weighted by Gasteiger charge is -2.34. The van der Waals surface area contributed by atoms with Gasteiger partial charge in [-0.3, -0.25) is 4.79 Å². The van der Waals surface area contributed by atoms with Crippen LogP contribution in [0.4, 0.5) is 0 Å². The SMILES string of the molecule is CCC[C@H]1CN(C(=O)[C@@H](N)CCSC)CCO1. The number of ether oxygens (including phenoxy) is 1. The first kappa shape index (κ1) is 14.8. The van der Waals surface area contributed by atoms with Crippen LogP contribution in [-0.4, -0.2) is 54.7 Å². The maximum Gasteiger partial charge on any atom is 0.239 e. The van der Waals surface area contributed by atoms with Gasteiger partial charge < -0.3 is 15.4 Å². The van der Waals surface area contributed by atoms with Crippen LogP contribution < -0.4 is 5.73 Å². The van der Waals surface area contributed by atoms with Gasteiger partial charge in [-0.2, -0.15) is 11.8 Å². The minimum atomic E-state index is -0.345. The van der Waals surface area contributed by atoms with Crippen LogP contribution in [0.1, 0.15) is 26.2 Å². The van der Waals surface area contributed by atoms with E-state index >= 15 is 0 Å². The second-order valence-corrected chi connectivity index (χ2v) is 5.44. The van der Waals surface area contributed by atoms with E-state index in [1.807, 2.05) is 11.2 Å². The zero-order valence-electron chi connectivity index (χ0n) is 10.9. The van der Waals surface area contributed by atoms with Gasteiger partial charge >= 0.3 is 0 Å². The minimum absolute atomic E-state index is 0.0865. The molecule has 5 heteroatoms. The van der Waals surface area contributed by atoms with E-state index in [0.29, 0.717) is 19.7 Å². The number of carbonyl (C=O) groups excluding carboxylic acids is 1. The Hall–Kier alpha value is -0.260. The van der Waals surface area contributed by atoms with Crippen molar-refractivity contribution in [2.24, 2.45) is 5.73 Å². The van der Waals surface area contributed by atoms with Crippen LogP contribution in [0.15, 0.2) is 0 Å². The lowest BCUT2D eigenvalue weighted by Crippen LogP contribution is -2.51. The molecule has 1 heterocycles. The van der Waals surface area contributed by atoms with Gasteiger partial charge in [0.1, 0.15) is 0 Å². The molecular formula is C12H24N2O2S. The predicted octanol–water partition coefficient (Wildman–Crippen LogP) is 1.09. The van der Waals surface area contributed by atoms with Crippen LogP contribution in [0.2, 0.25) is 0 Å². The molecule has 1 saturated heterocycles. The smallest absolute Gasteiger partial charge is 0.239 e. The highest BCUT2D eigenvalue weighted by Crippen LogP contribution is 2.12. The number of hydrogen-bond donors (Lipinski definition) is 1. The molecular weight excluding hydrogens is 236 g/mol. The van der Waals surface area contributed by atoms with Gasteiger partial charge in [0.2, 0.25) is 5.91 Å². The molecule has 2 atom stereocenters. The Balaban J connectivity index is 2.39. The summed E-state index contributed by atoms with van der Waals surface area (Å²) in [4.78, 5) is 14.0. The van der Waals surface area contributed by atoms with Crippen LogP contribution in [-0.2, 0) is 9.53 Å². The number of nitrogens with two attached hydrogens (primary N) is 1. The highest BCUT2D eigenvalue weighted by Gasteiger charge is 2.26. The fourth-order valence-corrected chi connectivity index (χ4v) is 2.51. The average molecular weight is 260 g/mol. The maximum absolute atomic E-state index is 12.1. The molecule has 0 saturated carbocycles. The monoisotopic (exact) mass is 260 g/mol. The van der Waals surface area contributed by atoms with Crippen LogP contribution in [0.25, 0.3) is 0 Å². The molecule has 1 amide bonds. The highest BCUT2D eigenvalue weighted by atomic mass is 32.2. The Labute approximate surface area is 108 Å².